The van der Waals surface area contributed by atoms with Gasteiger partial charge in [-0.2, -0.15) is 0 Å². The van der Waals surface area contributed by atoms with E-state index in [2.05, 4.69) is 10.4 Å². The standard InChI is InChI=1S/C12H17ClN4O2/c1-12(2)7-17(3-4-19-12)11(18)8-5-9(13)15-10(6-8)16-14/h5-6H,3-4,7,14H2,1-2H3,(H,15,16). The summed E-state index contributed by atoms with van der Waals surface area (Å²) in [6.45, 7) is 5.54. The Labute approximate surface area is 116 Å². The Balaban J connectivity index is 2.21. The zero-order valence-corrected chi connectivity index (χ0v) is 11.7. The third-order valence-electron chi connectivity index (χ3n) is 2.90. The van der Waals surface area contributed by atoms with Gasteiger partial charge >= 0.3 is 0 Å². The summed E-state index contributed by atoms with van der Waals surface area (Å²) in [7, 11) is 0. The molecule has 7 heteroatoms. The van der Waals surface area contributed by atoms with Gasteiger partial charge in [0.2, 0.25) is 0 Å². The second kappa shape index (κ2) is 5.32. The molecule has 2 rings (SSSR count). The topological polar surface area (TPSA) is 80.5 Å². The van der Waals surface area contributed by atoms with E-state index in [9.17, 15) is 4.79 Å². The molecule has 6 nitrogen and oxygen atoms in total. The lowest BCUT2D eigenvalue weighted by Gasteiger charge is -2.38. The molecule has 2 heterocycles. The van der Waals surface area contributed by atoms with Crippen LogP contribution in [-0.2, 0) is 4.74 Å². The molecule has 1 amide bonds. The average molecular weight is 285 g/mol. The van der Waals surface area contributed by atoms with Gasteiger partial charge in [0.05, 0.1) is 12.2 Å². The minimum atomic E-state index is -0.334. The molecule has 1 fully saturated rings. The van der Waals surface area contributed by atoms with Crippen LogP contribution in [0.25, 0.3) is 0 Å². The van der Waals surface area contributed by atoms with Gasteiger partial charge < -0.3 is 15.1 Å². The molecule has 1 aliphatic rings. The number of carbonyl (C=O) groups is 1. The molecule has 1 aromatic heterocycles. The molecule has 0 aromatic carbocycles. The Hall–Kier alpha value is -1.37. The van der Waals surface area contributed by atoms with Crippen molar-refractivity contribution in [3.05, 3.63) is 22.8 Å². The van der Waals surface area contributed by atoms with E-state index in [1.54, 1.807) is 11.0 Å². The first-order valence-electron chi connectivity index (χ1n) is 5.99. The number of nitrogens with two attached hydrogens (primary N) is 1. The summed E-state index contributed by atoms with van der Waals surface area (Å²) in [6, 6.07) is 3.11. The maximum absolute atomic E-state index is 12.4. The zero-order valence-electron chi connectivity index (χ0n) is 10.9. The number of morpholine rings is 1. The number of hydrazine groups is 1. The van der Waals surface area contributed by atoms with E-state index in [0.717, 1.165) is 0 Å². The number of pyridine rings is 1. The van der Waals surface area contributed by atoms with E-state index in [4.69, 9.17) is 22.2 Å². The minimum absolute atomic E-state index is 0.0998. The Morgan fingerprint density at radius 1 is 1.58 bits per heavy atom. The number of nitrogen functional groups attached to an aromatic ring is 1. The van der Waals surface area contributed by atoms with E-state index in [1.807, 2.05) is 13.8 Å². The summed E-state index contributed by atoms with van der Waals surface area (Å²) in [5, 5.41) is 0.228. The molecular weight excluding hydrogens is 268 g/mol. The molecule has 0 atom stereocenters. The van der Waals surface area contributed by atoms with E-state index in [-0.39, 0.29) is 16.7 Å². The van der Waals surface area contributed by atoms with Crippen LogP contribution in [0, 0.1) is 0 Å². The van der Waals surface area contributed by atoms with Crippen LogP contribution in [0.5, 0.6) is 0 Å². The van der Waals surface area contributed by atoms with Crippen molar-refractivity contribution in [1.82, 2.24) is 9.88 Å². The summed E-state index contributed by atoms with van der Waals surface area (Å²) in [6.07, 6.45) is 0. The highest BCUT2D eigenvalue weighted by atomic mass is 35.5. The Morgan fingerprint density at radius 3 is 2.95 bits per heavy atom. The molecule has 0 spiro atoms. The van der Waals surface area contributed by atoms with Gasteiger partial charge in [0.25, 0.3) is 5.91 Å². The molecule has 0 aliphatic carbocycles. The predicted octanol–water partition coefficient (Wildman–Crippen LogP) is 1.27. The quantitative estimate of drug-likeness (QED) is 0.486. The lowest BCUT2D eigenvalue weighted by Crippen LogP contribution is -2.50. The van der Waals surface area contributed by atoms with Gasteiger partial charge in [-0.25, -0.2) is 10.8 Å². The summed E-state index contributed by atoms with van der Waals surface area (Å²) >= 11 is 5.87. The molecule has 104 valence electrons. The number of amides is 1. The largest absolute Gasteiger partial charge is 0.372 e. The van der Waals surface area contributed by atoms with E-state index >= 15 is 0 Å². The lowest BCUT2D eigenvalue weighted by atomic mass is 10.1. The van der Waals surface area contributed by atoms with Gasteiger partial charge in [-0.05, 0) is 26.0 Å². The van der Waals surface area contributed by atoms with Crippen molar-refractivity contribution >= 4 is 23.3 Å². The number of nitrogens with one attached hydrogen (secondary N) is 1. The van der Waals surface area contributed by atoms with Gasteiger partial charge in [-0.3, -0.25) is 4.79 Å². The van der Waals surface area contributed by atoms with Crippen LogP contribution in [0.15, 0.2) is 12.1 Å². The van der Waals surface area contributed by atoms with Crippen LogP contribution in [0.3, 0.4) is 0 Å². The van der Waals surface area contributed by atoms with Crippen molar-refractivity contribution in [2.45, 2.75) is 19.4 Å². The van der Waals surface area contributed by atoms with Gasteiger partial charge in [0, 0.05) is 18.7 Å². The van der Waals surface area contributed by atoms with Crippen molar-refractivity contribution in [3.8, 4) is 0 Å². The van der Waals surface area contributed by atoms with Crippen molar-refractivity contribution in [2.24, 2.45) is 5.84 Å². The highest BCUT2D eigenvalue weighted by Crippen LogP contribution is 2.20. The molecular formula is C12H17ClN4O2. The van der Waals surface area contributed by atoms with Crippen LogP contribution in [0.1, 0.15) is 24.2 Å². The predicted molar refractivity (Wildman–Crippen MR) is 73.0 cm³/mol. The lowest BCUT2D eigenvalue weighted by molar-refractivity contribution is -0.0764. The Bertz CT molecular complexity index is 493. The molecule has 0 unspecified atom stereocenters. The van der Waals surface area contributed by atoms with Crippen LogP contribution >= 0.6 is 11.6 Å². The molecule has 0 bridgehead atoms. The number of carbonyl (C=O) groups excluding carboxylic acids is 1. The first-order chi connectivity index (χ1) is 8.91. The molecule has 1 aliphatic heterocycles. The van der Waals surface area contributed by atoms with Gasteiger partial charge in [-0.15, -0.1) is 0 Å². The van der Waals surface area contributed by atoms with Crippen LogP contribution < -0.4 is 11.3 Å². The number of aromatic nitrogens is 1. The number of ether oxygens (including phenoxy) is 1. The fourth-order valence-corrected chi connectivity index (χ4v) is 2.28. The number of rotatable bonds is 2. The minimum Gasteiger partial charge on any atom is -0.372 e. The van der Waals surface area contributed by atoms with Crippen LogP contribution in [-0.4, -0.2) is 41.1 Å². The maximum atomic E-state index is 12.4. The van der Waals surface area contributed by atoms with Gasteiger partial charge in [0.1, 0.15) is 11.0 Å². The average Bonchev–Trinajstić information content (AvgIpc) is 2.35. The second-order valence-corrected chi connectivity index (χ2v) is 5.43. The third kappa shape index (κ3) is 3.34. The molecule has 0 radical (unpaired) electrons. The number of nitrogens with zero attached hydrogens (tertiary/aromatic N) is 2. The van der Waals surface area contributed by atoms with Crippen molar-refractivity contribution < 1.29 is 9.53 Å². The zero-order chi connectivity index (χ0) is 14.0. The molecule has 1 aromatic rings. The smallest absolute Gasteiger partial charge is 0.254 e. The molecule has 19 heavy (non-hydrogen) atoms. The SMILES string of the molecule is CC1(C)CN(C(=O)c2cc(Cl)nc(NN)c2)CCO1. The maximum Gasteiger partial charge on any atom is 0.254 e. The Morgan fingerprint density at radius 2 is 2.32 bits per heavy atom. The first-order valence-corrected chi connectivity index (χ1v) is 6.36. The highest BCUT2D eigenvalue weighted by molar-refractivity contribution is 6.29. The summed E-state index contributed by atoms with van der Waals surface area (Å²) in [5.41, 5.74) is 2.52. The second-order valence-electron chi connectivity index (χ2n) is 5.04. The van der Waals surface area contributed by atoms with Gasteiger partial charge in [-0.1, -0.05) is 11.6 Å². The van der Waals surface area contributed by atoms with Crippen LogP contribution in [0.4, 0.5) is 5.82 Å². The fraction of sp³-hybridized carbons (Fsp3) is 0.500. The van der Waals surface area contributed by atoms with Gasteiger partial charge in [0.15, 0.2) is 0 Å². The van der Waals surface area contributed by atoms with E-state index < -0.39 is 0 Å². The van der Waals surface area contributed by atoms with Crippen molar-refractivity contribution in [2.75, 3.05) is 25.1 Å². The highest BCUT2D eigenvalue weighted by Gasteiger charge is 2.30. The molecule has 1 saturated heterocycles. The number of hydrogen-bond acceptors (Lipinski definition) is 5. The normalized spacial score (nSPS) is 18.2. The first kappa shape index (κ1) is 14.0. The third-order valence-corrected chi connectivity index (χ3v) is 3.10. The molecule has 3 N–H and O–H groups in total. The summed E-state index contributed by atoms with van der Waals surface area (Å²) in [5.74, 6) is 5.56. The summed E-state index contributed by atoms with van der Waals surface area (Å²) < 4.78 is 5.59. The van der Waals surface area contributed by atoms with Crippen LogP contribution in [0.2, 0.25) is 5.15 Å². The summed E-state index contributed by atoms with van der Waals surface area (Å²) in [4.78, 5) is 18.1. The van der Waals surface area contributed by atoms with Crippen molar-refractivity contribution in [1.29, 1.82) is 0 Å². The number of hydrogen-bond donors (Lipinski definition) is 2. The Kier molecular flexibility index (Phi) is 3.93. The fourth-order valence-electron chi connectivity index (χ4n) is 2.07. The number of halogens is 1. The van der Waals surface area contributed by atoms with E-state index in [1.165, 1.54) is 6.07 Å². The molecule has 0 saturated carbocycles. The van der Waals surface area contributed by atoms with E-state index in [0.29, 0.717) is 31.1 Å². The number of anilines is 1. The van der Waals surface area contributed by atoms with Crippen molar-refractivity contribution in [3.63, 3.8) is 0 Å². The monoisotopic (exact) mass is 284 g/mol.